The Hall–Kier alpha value is 0.350. The molecule has 0 aliphatic carbocycles. The van der Waals surface area contributed by atoms with Crippen molar-refractivity contribution in [2.75, 3.05) is 0 Å². The molecule has 0 rings (SSSR count). The first-order chi connectivity index (χ1) is 3.27. The van der Waals surface area contributed by atoms with Crippen LogP contribution in [0, 0.1) is 6.92 Å². The molecular weight excluding hydrogens is 104 g/mol. The molecule has 0 nitrogen and oxygen atoms in total. The van der Waals surface area contributed by atoms with Crippen molar-refractivity contribution < 1.29 is 0 Å². The number of hydrogen-bond acceptors (Lipinski definition) is 1. The topological polar surface area (TPSA) is 0 Å². The summed E-state index contributed by atoms with van der Waals surface area (Å²) in [6, 6.07) is 0. The Bertz CT molecular complexity index is 33.2. The summed E-state index contributed by atoms with van der Waals surface area (Å²) in [5.74, 6) is 0. The summed E-state index contributed by atoms with van der Waals surface area (Å²) in [5.41, 5.74) is 0. The van der Waals surface area contributed by atoms with Crippen LogP contribution in [0.5, 0.6) is 0 Å². The van der Waals surface area contributed by atoms with Gasteiger partial charge in [-0.05, 0) is 13.3 Å². The first-order valence-electron chi connectivity index (χ1n) is 2.78. The zero-order valence-corrected chi connectivity index (χ0v) is 5.75. The van der Waals surface area contributed by atoms with E-state index in [2.05, 4.69) is 26.5 Å². The molecule has 0 aliphatic rings. The van der Waals surface area contributed by atoms with Crippen LogP contribution >= 0.6 is 12.6 Å². The van der Waals surface area contributed by atoms with Crippen LogP contribution in [0.25, 0.3) is 0 Å². The van der Waals surface area contributed by atoms with Crippen LogP contribution in [-0.4, -0.2) is 5.25 Å². The van der Waals surface area contributed by atoms with Gasteiger partial charge in [0.2, 0.25) is 0 Å². The molecule has 1 heteroatoms. The monoisotopic (exact) mass is 117 g/mol. The second-order valence-electron chi connectivity index (χ2n) is 1.80. The van der Waals surface area contributed by atoms with E-state index >= 15 is 0 Å². The highest BCUT2D eigenvalue weighted by molar-refractivity contribution is 7.81. The molecule has 0 amide bonds. The van der Waals surface area contributed by atoms with E-state index in [0.29, 0.717) is 5.25 Å². The van der Waals surface area contributed by atoms with Gasteiger partial charge in [-0.2, -0.15) is 12.6 Å². The maximum atomic E-state index is 4.12. The maximum Gasteiger partial charge on any atom is 0.00172 e. The van der Waals surface area contributed by atoms with Crippen molar-refractivity contribution in [3.05, 3.63) is 6.92 Å². The molecule has 43 valence electrons. The van der Waals surface area contributed by atoms with Crippen LogP contribution in [0.3, 0.4) is 0 Å². The molecule has 7 heavy (non-hydrogen) atoms. The van der Waals surface area contributed by atoms with Crippen LogP contribution in [0.4, 0.5) is 0 Å². The zero-order valence-electron chi connectivity index (χ0n) is 4.85. The minimum absolute atomic E-state index is 0.347. The van der Waals surface area contributed by atoms with Gasteiger partial charge in [-0.1, -0.05) is 19.8 Å². The first-order valence-corrected chi connectivity index (χ1v) is 3.30. The van der Waals surface area contributed by atoms with Gasteiger partial charge in [0.1, 0.15) is 0 Å². The third-order valence-corrected chi connectivity index (χ3v) is 1.15. The van der Waals surface area contributed by atoms with Gasteiger partial charge < -0.3 is 0 Å². The normalized spacial score (nSPS) is 14.1. The van der Waals surface area contributed by atoms with Crippen LogP contribution < -0.4 is 0 Å². The standard InChI is InChI=1S/C6H13S/c1-3-4-5-6(2)7/h6-7H,2-5H2,1H3. The van der Waals surface area contributed by atoms with E-state index in [4.69, 9.17) is 0 Å². The van der Waals surface area contributed by atoms with E-state index in [1.165, 1.54) is 12.8 Å². The van der Waals surface area contributed by atoms with Crippen molar-refractivity contribution in [2.45, 2.75) is 31.4 Å². The largest absolute Gasteiger partial charge is 0.176 e. The van der Waals surface area contributed by atoms with Gasteiger partial charge in [0.25, 0.3) is 0 Å². The predicted molar refractivity (Wildman–Crippen MR) is 37.7 cm³/mol. The molecule has 0 saturated heterocycles. The lowest BCUT2D eigenvalue weighted by molar-refractivity contribution is 0.739. The highest BCUT2D eigenvalue weighted by Crippen LogP contribution is 2.03. The fourth-order valence-electron chi connectivity index (χ4n) is 0.440. The summed E-state index contributed by atoms with van der Waals surface area (Å²) in [6.07, 6.45) is 3.67. The lowest BCUT2D eigenvalue weighted by Crippen LogP contribution is -1.88. The van der Waals surface area contributed by atoms with Crippen molar-refractivity contribution >= 4 is 12.6 Å². The summed E-state index contributed by atoms with van der Waals surface area (Å²) < 4.78 is 0. The van der Waals surface area contributed by atoms with Gasteiger partial charge in [-0.3, -0.25) is 0 Å². The molecule has 1 atom stereocenters. The van der Waals surface area contributed by atoms with E-state index < -0.39 is 0 Å². The first kappa shape index (κ1) is 7.35. The Morgan fingerprint density at radius 2 is 2.29 bits per heavy atom. The van der Waals surface area contributed by atoms with Crippen LogP contribution in [-0.2, 0) is 0 Å². The molecule has 0 bridgehead atoms. The summed E-state index contributed by atoms with van der Waals surface area (Å²) in [5, 5.41) is 0.347. The molecule has 0 aromatic heterocycles. The van der Waals surface area contributed by atoms with Gasteiger partial charge >= 0.3 is 0 Å². The molecule has 1 unspecified atom stereocenters. The smallest absolute Gasteiger partial charge is 0.00172 e. The fourth-order valence-corrected chi connectivity index (χ4v) is 0.622. The van der Waals surface area contributed by atoms with Gasteiger partial charge in [-0.25, -0.2) is 0 Å². The second kappa shape index (κ2) is 4.51. The van der Waals surface area contributed by atoms with Crippen molar-refractivity contribution in [1.82, 2.24) is 0 Å². The quantitative estimate of drug-likeness (QED) is 0.539. The van der Waals surface area contributed by atoms with E-state index in [-0.39, 0.29) is 0 Å². The third-order valence-electron chi connectivity index (χ3n) is 0.891. The van der Waals surface area contributed by atoms with Crippen LogP contribution in [0.15, 0.2) is 0 Å². The highest BCUT2D eigenvalue weighted by Gasteiger charge is 1.89. The molecule has 0 heterocycles. The molecule has 0 N–H and O–H groups in total. The average molecular weight is 117 g/mol. The van der Waals surface area contributed by atoms with Crippen molar-refractivity contribution in [3.8, 4) is 0 Å². The number of thiol groups is 1. The minimum atomic E-state index is 0.347. The number of rotatable bonds is 3. The Morgan fingerprint density at radius 1 is 1.71 bits per heavy atom. The molecule has 0 aromatic rings. The number of hydrogen-bond donors (Lipinski definition) is 1. The molecule has 0 fully saturated rings. The fraction of sp³-hybridized carbons (Fsp3) is 0.833. The Morgan fingerprint density at radius 3 is 2.43 bits per heavy atom. The Labute approximate surface area is 51.7 Å². The summed E-state index contributed by atoms with van der Waals surface area (Å²) in [4.78, 5) is 0. The molecule has 0 aromatic carbocycles. The zero-order chi connectivity index (χ0) is 5.70. The van der Waals surface area contributed by atoms with Crippen molar-refractivity contribution in [3.63, 3.8) is 0 Å². The van der Waals surface area contributed by atoms with E-state index in [9.17, 15) is 0 Å². The lowest BCUT2D eigenvalue weighted by atomic mass is 10.2. The van der Waals surface area contributed by atoms with Gasteiger partial charge in [0.15, 0.2) is 0 Å². The number of unbranched alkanes of at least 4 members (excludes halogenated alkanes) is 1. The average Bonchev–Trinajstić information content (AvgIpc) is 1.61. The molecule has 1 radical (unpaired) electrons. The van der Waals surface area contributed by atoms with E-state index in [1.807, 2.05) is 0 Å². The van der Waals surface area contributed by atoms with Gasteiger partial charge in [-0.15, -0.1) is 0 Å². The maximum absolute atomic E-state index is 4.12. The minimum Gasteiger partial charge on any atom is -0.176 e. The summed E-state index contributed by atoms with van der Waals surface area (Å²) in [7, 11) is 0. The summed E-state index contributed by atoms with van der Waals surface area (Å²) in [6.45, 7) is 5.92. The van der Waals surface area contributed by atoms with E-state index in [0.717, 1.165) is 6.42 Å². The van der Waals surface area contributed by atoms with Gasteiger partial charge in [0.05, 0.1) is 0 Å². The van der Waals surface area contributed by atoms with E-state index in [1.54, 1.807) is 0 Å². The molecule has 0 spiro atoms. The lowest BCUT2D eigenvalue weighted by Gasteiger charge is -1.97. The highest BCUT2D eigenvalue weighted by atomic mass is 32.1. The second-order valence-corrected chi connectivity index (χ2v) is 2.53. The van der Waals surface area contributed by atoms with Crippen LogP contribution in [0.1, 0.15) is 26.2 Å². The van der Waals surface area contributed by atoms with Crippen molar-refractivity contribution in [2.24, 2.45) is 0 Å². The molecular formula is C6H13S. The van der Waals surface area contributed by atoms with Gasteiger partial charge in [0, 0.05) is 5.25 Å². The molecule has 0 aliphatic heterocycles. The summed E-state index contributed by atoms with van der Waals surface area (Å²) >= 11 is 4.12. The van der Waals surface area contributed by atoms with Crippen molar-refractivity contribution in [1.29, 1.82) is 0 Å². The third kappa shape index (κ3) is 6.35. The predicted octanol–water partition coefficient (Wildman–Crippen LogP) is 2.31. The Kier molecular flexibility index (Phi) is 4.73. The SMILES string of the molecule is [CH2]C(S)CCCC. The van der Waals surface area contributed by atoms with Crippen LogP contribution in [0.2, 0.25) is 0 Å². The molecule has 0 saturated carbocycles. The Balaban J connectivity index is 2.68.